The van der Waals surface area contributed by atoms with Crippen LogP contribution in [0.15, 0.2) is 24.4 Å². The lowest BCUT2D eigenvalue weighted by molar-refractivity contribution is 0.0934. The number of methoxy groups -OCH3 is 1. The van der Waals surface area contributed by atoms with E-state index in [-0.39, 0.29) is 23.4 Å². The van der Waals surface area contributed by atoms with Crippen molar-refractivity contribution in [1.29, 1.82) is 0 Å². The zero-order valence-corrected chi connectivity index (χ0v) is 12.4. The van der Waals surface area contributed by atoms with Crippen LogP contribution in [0.5, 0.6) is 5.75 Å². The number of rotatable bonds is 6. The first-order valence-corrected chi connectivity index (χ1v) is 6.79. The van der Waals surface area contributed by atoms with Gasteiger partial charge in [-0.3, -0.25) is 9.48 Å². The minimum Gasteiger partial charge on any atom is -0.494 e. The van der Waals surface area contributed by atoms with E-state index in [1.54, 1.807) is 13.0 Å². The number of hydrogen-bond acceptors (Lipinski definition) is 5. The molecule has 0 radical (unpaired) electrons. The molecule has 0 bridgehead atoms. The monoisotopic (exact) mass is 307 g/mol. The molecule has 1 aromatic carbocycles. The van der Waals surface area contributed by atoms with Gasteiger partial charge in [0.15, 0.2) is 17.3 Å². The van der Waals surface area contributed by atoms with Crippen LogP contribution in [0.3, 0.4) is 0 Å². The molecule has 0 aliphatic heterocycles. The van der Waals surface area contributed by atoms with Crippen LogP contribution in [0, 0.1) is 5.82 Å². The summed E-state index contributed by atoms with van der Waals surface area (Å²) >= 11 is 0. The first kappa shape index (κ1) is 15.9. The number of hydrogen-bond donors (Lipinski definition) is 2. The van der Waals surface area contributed by atoms with Gasteiger partial charge in [0.1, 0.15) is 0 Å². The minimum absolute atomic E-state index is 0.159. The molecule has 3 N–H and O–H groups in total. The summed E-state index contributed by atoms with van der Waals surface area (Å²) in [5.74, 6) is -0.700. The van der Waals surface area contributed by atoms with E-state index in [4.69, 9.17) is 10.5 Å². The zero-order valence-electron chi connectivity index (χ0n) is 12.4. The van der Waals surface area contributed by atoms with Crippen molar-refractivity contribution in [3.8, 4) is 5.75 Å². The van der Waals surface area contributed by atoms with E-state index in [1.807, 2.05) is 0 Å². The fourth-order valence-corrected chi connectivity index (χ4v) is 1.95. The van der Waals surface area contributed by atoms with E-state index in [1.165, 1.54) is 30.1 Å². The van der Waals surface area contributed by atoms with E-state index in [9.17, 15) is 9.18 Å². The highest BCUT2D eigenvalue weighted by Gasteiger charge is 2.16. The van der Waals surface area contributed by atoms with Gasteiger partial charge in [-0.05, 0) is 24.6 Å². The Morgan fingerprint density at radius 1 is 1.55 bits per heavy atom. The summed E-state index contributed by atoms with van der Waals surface area (Å²) in [6, 6.07) is 4.16. The highest BCUT2D eigenvalue weighted by atomic mass is 19.1. The maximum absolute atomic E-state index is 13.7. The first-order chi connectivity index (χ1) is 10.5. The Hall–Kier alpha value is -2.48. The fraction of sp³-hybridized carbons (Fsp3) is 0.357. The number of benzene rings is 1. The zero-order chi connectivity index (χ0) is 16.1. The normalized spacial score (nSPS) is 12.0. The van der Waals surface area contributed by atoms with Gasteiger partial charge in [0.2, 0.25) is 0 Å². The van der Waals surface area contributed by atoms with Crippen molar-refractivity contribution < 1.29 is 13.9 Å². The Balaban J connectivity index is 2.05. The highest BCUT2D eigenvalue weighted by Crippen LogP contribution is 2.21. The van der Waals surface area contributed by atoms with Gasteiger partial charge in [0.05, 0.1) is 25.9 Å². The number of halogens is 1. The quantitative estimate of drug-likeness (QED) is 0.826. The maximum Gasteiger partial charge on any atom is 0.273 e. The largest absolute Gasteiger partial charge is 0.494 e. The van der Waals surface area contributed by atoms with Crippen LogP contribution in [-0.2, 0) is 6.54 Å². The minimum atomic E-state index is -0.477. The maximum atomic E-state index is 13.7. The van der Waals surface area contributed by atoms with Gasteiger partial charge in [-0.2, -0.15) is 0 Å². The second kappa shape index (κ2) is 6.99. The molecule has 1 heterocycles. The number of ether oxygens (including phenoxy) is 1. The van der Waals surface area contributed by atoms with E-state index < -0.39 is 5.82 Å². The molecule has 0 saturated carbocycles. The van der Waals surface area contributed by atoms with Crippen LogP contribution < -0.4 is 15.8 Å². The summed E-state index contributed by atoms with van der Waals surface area (Å²) in [6.45, 7) is 2.65. The Morgan fingerprint density at radius 3 is 2.95 bits per heavy atom. The van der Waals surface area contributed by atoms with Gasteiger partial charge in [0, 0.05) is 6.54 Å². The topological polar surface area (TPSA) is 95.1 Å². The molecule has 22 heavy (non-hydrogen) atoms. The third-order valence-corrected chi connectivity index (χ3v) is 3.15. The number of nitrogens with two attached hydrogens (primary N) is 1. The molecule has 1 atom stereocenters. The predicted molar refractivity (Wildman–Crippen MR) is 77.9 cm³/mol. The second-order valence-corrected chi connectivity index (χ2v) is 4.74. The van der Waals surface area contributed by atoms with Crippen molar-refractivity contribution in [3.05, 3.63) is 41.5 Å². The number of nitrogens with zero attached hydrogens (tertiary/aromatic N) is 3. The third-order valence-electron chi connectivity index (χ3n) is 3.15. The molecular weight excluding hydrogens is 289 g/mol. The van der Waals surface area contributed by atoms with Crippen LogP contribution in [0.4, 0.5) is 4.39 Å². The molecule has 0 spiro atoms. The average molecular weight is 307 g/mol. The molecule has 8 heteroatoms. The van der Waals surface area contributed by atoms with E-state index >= 15 is 0 Å². The summed E-state index contributed by atoms with van der Waals surface area (Å²) in [5.41, 5.74) is 6.22. The smallest absolute Gasteiger partial charge is 0.273 e. The predicted octanol–water partition coefficient (Wildman–Crippen LogP) is 0.876. The van der Waals surface area contributed by atoms with E-state index in [2.05, 4.69) is 15.6 Å². The SMILES string of the molecule is COc1ccc([C@@H](C)NC(=O)c2cn(CCN)nn2)cc1F. The molecule has 0 aliphatic carbocycles. The molecule has 1 aromatic heterocycles. The summed E-state index contributed by atoms with van der Waals surface area (Å²) in [7, 11) is 1.40. The lowest BCUT2D eigenvalue weighted by atomic mass is 10.1. The van der Waals surface area contributed by atoms with Gasteiger partial charge in [-0.15, -0.1) is 5.10 Å². The fourth-order valence-electron chi connectivity index (χ4n) is 1.95. The van der Waals surface area contributed by atoms with Gasteiger partial charge < -0.3 is 15.8 Å². The summed E-state index contributed by atoms with van der Waals surface area (Å²) in [6.07, 6.45) is 1.52. The van der Waals surface area contributed by atoms with Crippen molar-refractivity contribution in [2.45, 2.75) is 19.5 Å². The van der Waals surface area contributed by atoms with Crippen LogP contribution in [0.25, 0.3) is 0 Å². The molecule has 0 aliphatic rings. The van der Waals surface area contributed by atoms with Crippen molar-refractivity contribution >= 4 is 5.91 Å². The van der Waals surface area contributed by atoms with Crippen LogP contribution >= 0.6 is 0 Å². The highest BCUT2D eigenvalue weighted by molar-refractivity contribution is 5.92. The van der Waals surface area contributed by atoms with E-state index in [0.29, 0.717) is 18.7 Å². The lowest BCUT2D eigenvalue weighted by Gasteiger charge is -2.14. The van der Waals surface area contributed by atoms with Gasteiger partial charge in [0.25, 0.3) is 5.91 Å². The molecule has 2 rings (SSSR count). The Kier molecular flexibility index (Phi) is 5.05. The summed E-state index contributed by atoms with van der Waals surface area (Å²) in [4.78, 5) is 12.1. The molecule has 0 fully saturated rings. The lowest BCUT2D eigenvalue weighted by Crippen LogP contribution is -2.27. The molecule has 7 nitrogen and oxygen atoms in total. The second-order valence-electron chi connectivity index (χ2n) is 4.74. The Labute approximate surface area is 127 Å². The number of carbonyl (C=O) groups excluding carboxylic acids is 1. The molecule has 118 valence electrons. The first-order valence-electron chi connectivity index (χ1n) is 6.79. The van der Waals surface area contributed by atoms with Crippen LogP contribution in [0.1, 0.15) is 29.0 Å². The Morgan fingerprint density at radius 2 is 2.32 bits per heavy atom. The molecule has 0 unspecified atom stereocenters. The van der Waals surface area contributed by atoms with Gasteiger partial charge in [-0.1, -0.05) is 11.3 Å². The molecule has 0 saturated heterocycles. The molecule has 2 aromatic rings. The third kappa shape index (κ3) is 3.59. The molecular formula is C14H18FN5O2. The number of nitrogens with one attached hydrogen (secondary N) is 1. The summed E-state index contributed by atoms with van der Waals surface area (Å²) < 4.78 is 20.0. The standard InChI is InChI=1S/C14H18FN5O2/c1-9(10-3-4-13(22-2)11(15)7-10)17-14(21)12-8-20(6-5-16)19-18-12/h3-4,7-9H,5-6,16H2,1-2H3,(H,17,21)/t9-/m1/s1. The summed E-state index contributed by atoms with van der Waals surface area (Å²) in [5, 5.41) is 10.3. The van der Waals surface area contributed by atoms with Crippen LogP contribution in [0.2, 0.25) is 0 Å². The Bertz CT molecular complexity index is 658. The number of aromatic nitrogens is 3. The van der Waals surface area contributed by atoms with Crippen molar-refractivity contribution in [3.63, 3.8) is 0 Å². The average Bonchev–Trinajstić information content (AvgIpc) is 2.96. The number of carbonyl (C=O) groups is 1. The van der Waals surface area contributed by atoms with E-state index in [0.717, 1.165) is 0 Å². The van der Waals surface area contributed by atoms with Crippen molar-refractivity contribution in [2.24, 2.45) is 5.73 Å². The van der Waals surface area contributed by atoms with Crippen molar-refractivity contribution in [2.75, 3.05) is 13.7 Å². The van der Waals surface area contributed by atoms with Gasteiger partial charge in [-0.25, -0.2) is 4.39 Å². The molecule has 1 amide bonds. The van der Waals surface area contributed by atoms with Gasteiger partial charge >= 0.3 is 0 Å². The van der Waals surface area contributed by atoms with Crippen molar-refractivity contribution in [1.82, 2.24) is 20.3 Å². The van der Waals surface area contributed by atoms with Crippen LogP contribution in [-0.4, -0.2) is 34.6 Å². The number of amides is 1.